The zero-order valence-corrected chi connectivity index (χ0v) is 14.4. The number of anilines is 2. The minimum atomic E-state index is -0.261. The van der Waals surface area contributed by atoms with Gasteiger partial charge in [-0.25, -0.2) is 13.8 Å². The van der Waals surface area contributed by atoms with Gasteiger partial charge in [-0.1, -0.05) is 36.4 Å². The van der Waals surface area contributed by atoms with Crippen molar-refractivity contribution in [3.8, 4) is 0 Å². The van der Waals surface area contributed by atoms with Crippen LogP contribution in [0.15, 0.2) is 85.2 Å². The molecule has 0 aromatic heterocycles. The topological polar surface area (TPSA) is 18.5 Å². The third kappa shape index (κ3) is 3.82. The molecule has 0 radical (unpaired) electrons. The lowest BCUT2D eigenvalue weighted by molar-refractivity contribution is 0.482. The van der Waals surface area contributed by atoms with Gasteiger partial charge < -0.3 is 0 Å². The molecule has 27 heavy (non-hydrogen) atoms. The van der Waals surface area contributed by atoms with Crippen LogP contribution < -0.4 is 10.4 Å². The quantitative estimate of drug-likeness (QED) is 0.646. The van der Waals surface area contributed by atoms with Crippen LogP contribution in [0, 0.1) is 11.6 Å². The number of hydrogen-bond donors (Lipinski definition) is 1. The van der Waals surface area contributed by atoms with Crippen molar-refractivity contribution < 1.29 is 8.78 Å². The van der Waals surface area contributed by atoms with Crippen LogP contribution in [0.3, 0.4) is 0 Å². The Morgan fingerprint density at radius 2 is 1.22 bits per heavy atom. The van der Waals surface area contributed by atoms with Gasteiger partial charge in [0.25, 0.3) is 0 Å². The molecule has 0 unspecified atom stereocenters. The van der Waals surface area contributed by atoms with E-state index >= 15 is 0 Å². The number of halogens is 2. The molecule has 1 heterocycles. The van der Waals surface area contributed by atoms with Crippen molar-refractivity contribution in [1.82, 2.24) is 5.12 Å². The van der Waals surface area contributed by atoms with Crippen molar-refractivity contribution in [2.45, 2.75) is 0 Å². The summed E-state index contributed by atoms with van der Waals surface area (Å²) in [7, 11) is 0. The number of fused-ring (bicyclic) bond motifs is 1. The van der Waals surface area contributed by atoms with Gasteiger partial charge in [0.15, 0.2) is 0 Å². The van der Waals surface area contributed by atoms with Gasteiger partial charge in [0, 0.05) is 12.4 Å². The van der Waals surface area contributed by atoms with E-state index in [1.165, 1.54) is 24.3 Å². The molecule has 0 aliphatic carbocycles. The van der Waals surface area contributed by atoms with E-state index in [9.17, 15) is 8.78 Å². The van der Waals surface area contributed by atoms with Crippen molar-refractivity contribution in [2.75, 3.05) is 10.4 Å². The smallest absolute Gasteiger partial charge is 0.123 e. The number of nitrogens with one attached hydrogen (secondary N) is 1. The Hall–Kier alpha value is -3.60. The normalized spacial score (nSPS) is 13.4. The van der Waals surface area contributed by atoms with Gasteiger partial charge in [-0.15, -0.1) is 0 Å². The lowest BCUT2D eigenvalue weighted by atomic mass is 10.2. The van der Waals surface area contributed by atoms with Gasteiger partial charge in [0.05, 0.1) is 11.4 Å². The molecular weight excluding hydrogens is 344 g/mol. The Kier molecular flexibility index (Phi) is 4.58. The molecule has 0 saturated carbocycles. The molecule has 1 aliphatic rings. The average molecular weight is 361 g/mol. The summed E-state index contributed by atoms with van der Waals surface area (Å²) in [5, 5.41) is 3.77. The molecule has 0 fully saturated rings. The maximum Gasteiger partial charge on any atom is 0.123 e. The van der Waals surface area contributed by atoms with E-state index in [0.29, 0.717) is 0 Å². The average Bonchev–Trinajstić information content (AvgIpc) is 3.05. The molecule has 1 N–H and O–H groups in total. The first-order valence-electron chi connectivity index (χ1n) is 8.51. The Bertz CT molecular complexity index is 979. The second kappa shape index (κ2) is 7.33. The fourth-order valence-electron chi connectivity index (χ4n) is 2.78. The molecule has 1 aliphatic heterocycles. The number of rotatable bonds is 4. The van der Waals surface area contributed by atoms with Gasteiger partial charge in [-0.2, -0.15) is 5.12 Å². The maximum absolute atomic E-state index is 13.1. The summed E-state index contributed by atoms with van der Waals surface area (Å²) >= 11 is 0. The zero-order chi connectivity index (χ0) is 18.6. The fourth-order valence-corrected chi connectivity index (χ4v) is 2.78. The Labute approximate surface area is 156 Å². The van der Waals surface area contributed by atoms with Crippen molar-refractivity contribution >= 4 is 23.5 Å². The predicted molar refractivity (Wildman–Crippen MR) is 105 cm³/mol. The van der Waals surface area contributed by atoms with E-state index < -0.39 is 0 Å². The van der Waals surface area contributed by atoms with Crippen LogP contribution in [0.1, 0.15) is 11.1 Å². The van der Waals surface area contributed by atoms with Crippen LogP contribution in [0.2, 0.25) is 0 Å². The lowest BCUT2D eigenvalue weighted by Crippen LogP contribution is -2.32. The standard InChI is InChI=1S/C22H17F2N3/c23-19-9-5-17(6-10-19)13-15-26-22-4-2-1-3-21(22)25-27(26)16-14-18-7-11-20(24)12-8-18/h1-16,25H. The largest absolute Gasteiger partial charge is 0.278 e. The number of hydrogen-bond acceptors (Lipinski definition) is 3. The molecule has 0 spiro atoms. The summed E-state index contributed by atoms with van der Waals surface area (Å²) in [6.07, 6.45) is 7.56. The second-order valence-electron chi connectivity index (χ2n) is 6.05. The first kappa shape index (κ1) is 16.8. The summed E-state index contributed by atoms with van der Waals surface area (Å²) in [6, 6.07) is 20.5. The molecule has 3 aromatic carbocycles. The van der Waals surface area contributed by atoms with Gasteiger partial charge in [-0.3, -0.25) is 5.43 Å². The summed E-state index contributed by atoms with van der Waals surface area (Å²) < 4.78 is 26.2. The van der Waals surface area contributed by atoms with Gasteiger partial charge in [0.1, 0.15) is 11.6 Å². The second-order valence-corrected chi connectivity index (χ2v) is 6.05. The SMILES string of the molecule is Fc1ccc(C=CN2Nc3ccccc3N2C=Cc2ccc(F)cc2)cc1. The van der Waals surface area contributed by atoms with E-state index in [4.69, 9.17) is 0 Å². The van der Waals surface area contributed by atoms with Gasteiger partial charge in [-0.05, 0) is 59.7 Å². The number of nitrogens with zero attached hydrogens (tertiary/aromatic N) is 2. The Morgan fingerprint density at radius 1 is 0.667 bits per heavy atom. The molecule has 4 rings (SSSR count). The number of benzene rings is 3. The highest BCUT2D eigenvalue weighted by Crippen LogP contribution is 2.34. The minimum absolute atomic E-state index is 0.260. The molecule has 0 saturated heterocycles. The summed E-state index contributed by atoms with van der Waals surface area (Å²) in [4.78, 5) is 0. The highest BCUT2D eigenvalue weighted by atomic mass is 19.1. The molecule has 0 atom stereocenters. The van der Waals surface area contributed by atoms with Crippen molar-refractivity contribution in [3.63, 3.8) is 0 Å². The number of para-hydroxylation sites is 2. The molecule has 3 aromatic rings. The van der Waals surface area contributed by atoms with Crippen LogP contribution in [-0.4, -0.2) is 5.12 Å². The van der Waals surface area contributed by atoms with Crippen LogP contribution in [0.5, 0.6) is 0 Å². The fraction of sp³-hybridized carbons (Fsp3) is 0. The molecular formula is C22H17F2N3. The van der Waals surface area contributed by atoms with Crippen molar-refractivity contribution in [1.29, 1.82) is 0 Å². The molecule has 0 amide bonds. The lowest BCUT2D eigenvalue weighted by Gasteiger charge is -2.24. The van der Waals surface area contributed by atoms with E-state index in [1.807, 2.05) is 58.9 Å². The van der Waals surface area contributed by atoms with Crippen molar-refractivity contribution in [3.05, 3.63) is 108 Å². The molecule has 134 valence electrons. The molecule has 3 nitrogen and oxygen atoms in total. The van der Waals surface area contributed by atoms with E-state index in [1.54, 1.807) is 24.3 Å². The molecule has 0 bridgehead atoms. The Morgan fingerprint density at radius 3 is 1.85 bits per heavy atom. The number of hydrazine groups is 2. The van der Waals surface area contributed by atoms with E-state index in [0.717, 1.165) is 22.5 Å². The first-order valence-corrected chi connectivity index (χ1v) is 8.51. The van der Waals surface area contributed by atoms with Gasteiger partial charge >= 0.3 is 0 Å². The third-order valence-electron chi connectivity index (χ3n) is 4.17. The third-order valence-corrected chi connectivity index (χ3v) is 4.17. The monoisotopic (exact) mass is 361 g/mol. The van der Waals surface area contributed by atoms with E-state index in [-0.39, 0.29) is 11.6 Å². The molecule has 5 heteroatoms. The predicted octanol–water partition coefficient (Wildman–Crippen LogP) is 5.67. The van der Waals surface area contributed by atoms with Crippen molar-refractivity contribution in [2.24, 2.45) is 0 Å². The summed E-state index contributed by atoms with van der Waals surface area (Å²) in [5.74, 6) is -0.521. The first-order chi connectivity index (χ1) is 13.2. The highest BCUT2D eigenvalue weighted by Gasteiger charge is 2.22. The zero-order valence-electron chi connectivity index (χ0n) is 14.4. The minimum Gasteiger partial charge on any atom is -0.278 e. The van der Waals surface area contributed by atoms with Crippen LogP contribution in [-0.2, 0) is 0 Å². The summed E-state index contributed by atoms with van der Waals surface area (Å²) in [5.41, 5.74) is 7.03. The summed E-state index contributed by atoms with van der Waals surface area (Å²) in [6.45, 7) is 0. The highest BCUT2D eigenvalue weighted by molar-refractivity contribution is 5.76. The maximum atomic E-state index is 13.1. The van der Waals surface area contributed by atoms with Gasteiger partial charge in [0.2, 0.25) is 0 Å². The van der Waals surface area contributed by atoms with E-state index in [2.05, 4.69) is 5.43 Å². The Balaban J connectivity index is 1.60. The van der Waals surface area contributed by atoms with Crippen LogP contribution in [0.25, 0.3) is 12.2 Å². The van der Waals surface area contributed by atoms with Crippen LogP contribution >= 0.6 is 0 Å². The van der Waals surface area contributed by atoms with Crippen LogP contribution in [0.4, 0.5) is 20.2 Å².